The fraction of sp³-hybridized carbons (Fsp3) is 0.643. The molecular formula is C14H19BrN4O2. The molecule has 1 aromatic rings. The third kappa shape index (κ3) is 3.45. The van der Waals surface area contributed by atoms with Gasteiger partial charge in [0.1, 0.15) is 16.2 Å². The van der Waals surface area contributed by atoms with Crippen molar-refractivity contribution in [3.63, 3.8) is 0 Å². The molecule has 2 heterocycles. The molecule has 0 aromatic carbocycles. The number of halogens is 1. The Labute approximate surface area is 132 Å². The van der Waals surface area contributed by atoms with Crippen LogP contribution in [0.2, 0.25) is 0 Å². The fourth-order valence-electron chi connectivity index (χ4n) is 2.44. The third-order valence-corrected chi connectivity index (χ3v) is 4.18. The van der Waals surface area contributed by atoms with Crippen LogP contribution in [0.3, 0.4) is 0 Å². The van der Waals surface area contributed by atoms with Crippen molar-refractivity contribution in [2.24, 2.45) is 0 Å². The Morgan fingerprint density at radius 2 is 2.05 bits per heavy atom. The topological polar surface area (TPSA) is 58.6 Å². The Bertz CT molecular complexity index is 528. The standard InChI is InChI=1S/C14H19BrN4O2/c1-2-21-14(20)19-7-5-18(6-8-19)12-9-11(15)16-13(17-12)10-3-4-10/h9-10H,2-8H2,1H3. The van der Waals surface area contributed by atoms with Gasteiger partial charge in [0.2, 0.25) is 0 Å². The Morgan fingerprint density at radius 1 is 1.33 bits per heavy atom. The summed E-state index contributed by atoms with van der Waals surface area (Å²) in [4.78, 5) is 24.8. The Kier molecular flexibility index (Phi) is 4.28. The van der Waals surface area contributed by atoms with Gasteiger partial charge in [-0.1, -0.05) is 0 Å². The maximum atomic E-state index is 11.7. The number of rotatable bonds is 3. The van der Waals surface area contributed by atoms with Gasteiger partial charge in [0.25, 0.3) is 0 Å². The summed E-state index contributed by atoms with van der Waals surface area (Å²) in [7, 11) is 0. The number of hydrogen-bond donors (Lipinski definition) is 0. The maximum Gasteiger partial charge on any atom is 0.409 e. The highest BCUT2D eigenvalue weighted by Crippen LogP contribution is 2.39. The summed E-state index contributed by atoms with van der Waals surface area (Å²) in [6, 6.07) is 1.95. The minimum atomic E-state index is -0.223. The second kappa shape index (κ2) is 6.17. The van der Waals surface area contributed by atoms with Crippen LogP contribution < -0.4 is 4.90 Å². The summed E-state index contributed by atoms with van der Waals surface area (Å²) in [6.07, 6.45) is 2.15. The molecule has 1 aliphatic carbocycles. The molecular weight excluding hydrogens is 336 g/mol. The van der Waals surface area contributed by atoms with Crippen LogP contribution in [0.4, 0.5) is 10.6 Å². The van der Waals surface area contributed by atoms with E-state index in [0.29, 0.717) is 25.6 Å². The van der Waals surface area contributed by atoms with Gasteiger partial charge in [-0.15, -0.1) is 0 Å². The van der Waals surface area contributed by atoms with Crippen molar-refractivity contribution in [1.82, 2.24) is 14.9 Å². The van der Waals surface area contributed by atoms with Crippen molar-refractivity contribution in [3.05, 3.63) is 16.5 Å². The number of carbonyl (C=O) groups excluding carboxylic acids is 1. The molecule has 2 fully saturated rings. The molecule has 0 atom stereocenters. The van der Waals surface area contributed by atoms with Gasteiger partial charge < -0.3 is 14.5 Å². The summed E-state index contributed by atoms with van der Waals surface area (Å²) >= 11 is 3.47. The van der Waals surface area contributed by atoms with E-state index in [4.69, 9.17) is 4.74 Å². The lowest BCUT2D eigenvalue weighted by Crippen LogP contribution is -2.49. The maximum absolute atomic E-state index is 11.7. The number of aromatic nitrogens is 2. The first-order valence-corrected chi connectivity index (χ1v) is 8.18. The van der Waals surface area contributed by atoms with E-state index < -0.39 is 0 Å². The molecule has 0 bridgehead atoms. The van der Waals surface area contributed by atoms with E-state index in [1.54, 1.807) is 4.90 Å². The molecule has 0 spiro atoms. The summed E-state index contributed by atoms with van der Waals surface area (Å²) in [5.74, 6) is 2.41. The van der Waals surface area contributed by atoms with Gasteiger partial charge in [-0.2, -0.15) is 0 Å². The van der Waals surface area contributed by atoms with Crippen LogP contribution in [0, 0.1) is 0 Å². The highest BCUT2D eigenvalue weighted by Gasteiger charge is 2.29. The average Bonchev–Trinajstić information content (AvgIpc) is 3.32. The predicted molar refractivity (Wildman–Crippen MR) is 82.5 cm³/mol. The first-order valence-electron chi connectivity index (χ1n) is 7.38. The minimum absolute atomic E-state index is 0.223. The fourth-order valence-corrected chi connectivity index (χ4v) is 2.83. The van der Waals surface area contributed by atoms with Gasteiger partial charge >= 0.3 is 6.09 Å². The molecule has 2 aliphatic rings. The number of ether oxygens (including phenoxy) is 1. The monoisotopic (exact) mass is 354 g/mol. The molecule has 6 nitrogen and oxygen atoms in total. The van der Waals surface area contributed by atoms with E-state index in [0.717, 1.165) is 29.3 Å². The lowest BCUT2D eigenvalue weighted by molar-refractivity contribution is 0.105. The second-order valence-corrected chi connectivity index (χ2v) is 6.17. The molecule has 0 unspecified atom stereocenters. The second-order valence-electron chi connectivity index (χ2n) is 5.35. The molecule has 1 saturated carbocycles. The Balaban J connectivity index is 1.65. The van der Waals surface area contributed by atoms with Crippen molar-refractivity contribution < 1.29 is 9.53 Å². The number of piperazine rings is 1. The molecule has 1 aromatic heterocycles. The van der Waals surface area contributed by atoms with Crippen molar-refractivity contribution in [3.8, 4) is 0 Å². The molecule has 1 amide bonds. The first kappa shape index (κ1) is 14.6. The van der Waals surface area contributed by atoms with Crippen molar-refractivity contribution in [1.29, 1.82) is 0 Å². The number of carbonyl (C=O) groups is 1. The summed E-state index contributed by atoms with van der Waals surface area (Å²) in [5, 5.41) is 0. The SMILES string of the molecule is CCOC(=O)N1CCN(c2cc(Br)nc(C3CC3)n2)CC1. The van der Waals surface area contributed by atoms with E-state index in [2.05, 4.69) is 30.8 Å². The highest BCUT2D eigenvalue weighted by molar-refractivity contribution is 9.10. The van der Waals surface area contributed by atoms with Crippen LogP contribution >= 0.6 is 15.9 Å². The molecule has 7 heteroatoms. The molecule has 1 saturated heterocycles. The molecule has 21 heavy (non-hydrogen) atoms. The molecule has 114 valence electrons. The molecule has 0 radical (unpaired) electrons. The predicted octanol–water partition coefficient (Wildman–Crippen LogP) is 2.40. The minimum Gasteiger partial charge on any atom is -0.450 e. The van der Waals surface area contributed by atoms with Crippen molar-refractivity contribution >= 4 is 27.8 Å². The van der Waals surface area contributed by atoms with Crippen LogP contribution in [0.5, 0.6) is 0 Å². The molecule has 0 N–H and O–H groups in total. The van der Waals surface area contributed by atoms with E-state index >= 15 is 0 Å². The smallest absolute Gasteiger partial charge is 0.409 e. The van der Waals surface area contributed by atoms with Crippen LogP contribution in [0.15, 0.2) is 10.7 Å². The summed E-state index contributed by atoms with van der Waals surface area (Å²) < 4.78 is 5.87. The Hall–Kier alpha value is -1.37. The van der Waals surface area contributed by atoms with Gasteiger partial charge in [0.15, 0.2) is 0 Å². The lowest BCUT2D eigenvalue weighted by atomic mass is 10.3. The number of anilines is 1. The number of amides is 1. The number of nitrogens with zero attached hydrogens (tertiary/aromatic N) is 4. The normalized spacial score (nSPS) is 18.8. The van der Waals surface area contributed by atoms with E-state index in [1.807, 2.05) is 13.0 Å². The van der Waals surface area contributed by atoms with Crippen LogP contribution in [0.1, 0.15) is 31.5 Å². The zero-order chi connectivity index (χ0) is 14.8. The largest absolute Gasteiger partial charge is 0.450 e. The quantitative estimate of drug-likeness (QED) is 0.780. The van der Waals surface area contributed by atoms with Crippen LogP contribution in [-0.4, -0.2) is 53.7 Å². The Morgan fingerprint density at radius 3 is 2.67 bits per heavy atom. The molecule has 3 rings (SSSR count). The van der Waals surface area contributed by atoms with Crippen molar-refractivity contribution in [2.75, 3.05) is 37.7 Å². The first-order chi connectivity index (χ1) is 10.2. The lowest BCUT2D eigenvalue weighted by Gasteiger charge is -2.34. The van der Waals surface area contributed by atoms with E-state index in [9.17, 15) is 4.79 Å². The zero-order valence-corrected chi connectivity index (χ0v) is 13.7. The summed E-state index contributed by atoms with van der Waals surface area (Å²) in [5.41, 5.74) is 0. The van der Waals surface area contributed by atoms with Crippen LogP contribution in [0.25, 0.3) is 0 Å². The van der Waals surface area contributed by atoms with Gasteiger partial charge in [0, 0.05) is 38.2 Å². The average molecular weight is 355 g/mol. The van der Waals surface area contributed by atoms with Gasteiger partial charge in [-0.25, -0.2) is 14.8 Å². The third-order valence-electron chi connectivity index (χ3n) is 3.77. The highest BCUT2D eigenvalue weighted by atomic mass is 79.9. The van der Waals surface area contributed by atoms with Crippen molar-refractivity contribution in [2.45, 2.75) is 25.7 Å². The molecule has 1 aliphatic heterocycles. The van der Waals surface area contributed by atoms with Gasteiger partial charge in [-0.3, -0.25) is 0 Å². The van der Waals surface area contributed by atoms with E-state index in [1.165, 1.54) is 12.8 Å². The van der Waals surface area contributed by atoms with Gasteiger partial charge in [-0.05, 0) is 35.7 Å². The zero-order valence-electron chi connectivity index (χ0n) is 12.1. The summed E-state index contributed by atoms with van der Waals surface area (Å²) in [6.45, 7) is 5.12. The van der Waals surface area contributed by atoms with Gasteiger partial charge in [0.05, 0.1) is 6.61 Å². The van der Waals surface area contributed by atoms with E-state index in [-0.39, 0.29) is 6.09 Å². The number of hydrogen-bond acceptors (Lipinski definition) is 5. The van der Waals surface area contributed by atoms with Crippen LogP contribution in [-0.2, 0) is 4.74 Å².